The number of hydrogen-bond acceptors (Lipinski definition) is 3. The first kappa shape index (κ1) is 15.6. The third-order valence-electron chi connectivity index (χ3n) is 4.31. The molecular weight excluding hydrogens is 318 g/mol. The average Bonchev–Trinajstić information content (AvgIpc) is 2.49. The van der Waals surface area contributed by atoms with Crippen molar-refractivity contribution in [3.63, 3.8) is 0 Å². The second kappa shape index (κ2) is 6.81. The van der Waals surface area contributed by atoms with Crippen molar-refractivity contribution < 1.29 is 9.47 Å². The highest BCUT2D eigenvalue weighted by atomic mass is 79.9. The Kier molecular flexibility index (Phi) is 5.33. The third-order valence-corrected chi connectivity index (χ3v) is 4.97. The van der Waals surface area contributed by atoms with Crippen molar-refractivity contribution in [2.45, 2.75) is 44.4 Å². The van der Waals surface area contributed by atoms with Crippen molar-refractivity contribution in [1.29, 1.82) is 0 Å². The zero-order valence-electron chi connectivity index (χ0n) is 12.4. The standard InChI is InChI=1S/C16H24BrNO2/c1-3-20-15-13(19-2)8-7-12(17)14(15)16(11-18)9-5-4-6-10-16/h7-8H,3-6,9-11,18H2,1-2H3. The van der Waals surface area contributed by atoms with E-state index in [4.69, 9.17) is 15.2 Å². The van der Waals surface area contributed by atoms with Gasteiger partial charge in [0.15, 0.2) is 11.5 Å². The van der Waals surface area contributed by atoms with Gasteiger partial charge < -0.3 is 15.2 Å². The molecule has 1 saturated carbocycles. The van der Waals surface area contributed by atoms with Gasteiger partial charge in [-0.15, -0.1) is 0 Å². The molecule has 0 amide bonds. The van der Waals surface area contributed by atoms with Crippen molar-refractivity contribution >= 4 is 15.9 Å². The van der Waals surface area contributed by atoms with E-state index in [0.29, 0.717) is 13.2 Å². The third kappa shape index (κ3) is 2.82. The molecule has 0 atom stereocenters. The fraction of sp³-hybridized carbons (Fsp3) is 0.625. The summed E-state index contributed by atoms with van der Waals surface area (Å²) in [5, 5.41) is 0. The zero-order chi connectivity index (χ0) is 14.6. The van der Waals surface area contributed by atoms with Crippen LogP contribution in [0.2, 0.25) is 0 Å². The SMILES string of the molecule is CCOc1c(OC)ccc(Br)c1C1(CN)CCCCC1. The second-order valence-electron chi connectivity index (χ2n) is 5.43. The summed E-state index contributed by atoms with van der Waals surface area (Å²) in [6.07, 6.45) is 6.00. The molecule has 2 N–H and O–H groups in total. The Labute approximate surface area is 130 Å². The maximum atomic E-state index is 6.18. The molecule has 1 aliphatic rings. The molecule has 0 heterocycles. The van der Waals surface area contributed by atoms with Gasteiger partial charge in [0.05, 0.1) is 13.7 Å². The van der Waals surface area contributed by atoms with E-state index >= 15 is 0 Å². The predicted molar refractivity (Wildman–Crippen MR) is 85.7 cm³/mol. The van der Waals surface area contributed by atoms with E-state index in [1.807, 2.05) is 19.1 Å². The summed E-state index contributed by atoms with van der Waals surface area (Å²) in [5.74, 6) is 1.65. The molecule has 0 unspecified atom stereocenters. The maximum absolute atomic E-state index is 6.18. The molecule has 1 aliphatic carbocycles. The normalized spacial score (nSPS) is 17.8. The molecule has 0 spiro atoms. The quantitative estimate of drug-likeness (QED) is 0.879. The molecule has 1 fully saturated rings. The van der Waals surface area contributed by atoms with Gasteiger partial charge >= 0.3 is 0 Å². The fourth-order valence-electron chi connectivity index (χ4n) is 3.27. The van der Waals surface area contributed by atoms with E-state index < -0.39 is 0 Å². The molecule has 1 aromatic rings. The van der Waals surface area contributed by atoms with Crippen LogP contribution in [0.25, 0.3) is 0 Å². The van der Waals surface area contributed by atoms with E-state index in [0.717, 1.165) is 28.8 Å². The van der Waals surface area contributed by atoms with E-state index in [1.165, 1.54) is 24.8 Å². The molecule has 0 bridgehead atoms. The molecule has 4 heteroatoms. The lowest BCUT2D eigenvalue weighted by Gasteiger charge is -2.38. The molecule has 0 radical (unpaired) electrons. The number of halogens is 1. The van der Waals surface area contributed by atoms with Crippen LogP contribution < -0.4 is 15.2 Å². The molecule has 112 valence electrons. The summed E-state index contributed by atoms with van der Waals surface area (Å²) in [5.41, 5.74) is 7.38. The maximum Gasteiger partial charge on any atom is 0.166 e. The van der Waals surface area contributed by atoms with E-state index in [-0.39, 0.29) is 5.41 Å². The first-order chi connectivity index (χ1) is 9.68. The van der Waals surface area contributed by atoms with Crippen LogP contribution in [0, 0.1) is 0 Å². The summed E-state index contributed by atoms with van der Waals surface area (Å²) < 4.78 is 12.5. The highest BCUT2D eigenvalue weighted by molar-refractivity contribution is 9.10. The Morgan fingerprint density at radius 3 is 2.50 bits per heavy atom. The van der Waals surface area contributed by atoms with Gasteiger partial charge in [-0.3, -0.25) is 0 Å². The Balaban J connectivity index is 2.57. The van der Waals surface area contributed by atoms with Crippen LogP contribution in [-0.4, -0.2) is 20.3 Å². The van der Waals surface area contributed by atoms with Gasteiger partial charge in [0, 0.05) is 22.0 Å². The van der Waals surface area contributed by atoms with Gasteiger partial charge in [0.1, 0.15) is 0 Å². The molecule has 2 rings (SSSR count). The Bertz CT molecular complexity index is 456. The van der Waals surface area contributed by atoms with Crippen molar-refractivity contribution in [1.82, 2.24) is 0 Å². The molecule has 1 aromatic carbocycles. The van der Waals surface area contributed by atoms with Crippen LogP contribution in [0.3, 0.4) is 0 Å². The van der Waals surface area contributed by atoms with Gasteiger partial charge in [-0.05, 0) is 31.9 Å². The summed E-state index contributed by atoms with van der Waals surface area (Å²) >= 11 is 3.70. The topological polar surface area (TPSA) is 44.5 Å². The average molecular weight is 342 g/mol. The number of nitrogens with two attached hydrogens (primary N) is 1. The number of rotatable bonds is 5. The summed E-state index contributed by atoms with van der Waals surface area (Å²) in [7, 11) is 1.69. The Morgan fingerprint density at radius 2 is 1.95 bits per heavy atom. The Hall–Kier alpha value is -0.740. The first-order valence-corrected chi connectivity index (χ1v) is 8.17. The van der Waals surface area contributed by atoms with Gasteiger partial charge in [0.2, 0.25) is 0 Å². The first-order valence-electron chi connectivity index (χ1n) is 7.38. The number of ether oxygens (including phenoxy) is 2. The second-order valence-corrected chi connectivity index (χ2v) is 6.29. The summed E-state index contributed by atoms with van der Waals surface area (Å²) in [4.78, 5) is 0. The van der Waals surface area contributed by atoms with Gasteiger partial charge in [0.25, 0.3) is 0 Å². The van der Waals surface area contributed by atoms with Crippen LogP contribution in [-0.2, 0) is 5.41 Å². The van der Waals surface area contributed by atoms with Crippen LogP contribution in [0.1, 0.15) is 44.6 Å². The minimum atomic E-state index is 0.0100. The monoisotopic (exact) mass is 341 g/mol. The highest BCUT2D eigenvalue weighted by Crippen LogP contribution is 2.49. The van der Waals surface area contributed by atoms with Crippen LogP contribution in [0.5, 0.6) is 11.5 Å². The molecular formula is C16H24BrNO2. The molecule has 20 heavy (non-hydrogen) atoms. The van der Waals surface area contributed by atoms with Gasteiger partial charge in [-0.25, -0.2) is 0 Å². The van der Waals surface area contributed by atoms with E-state index in [9.17, 15) is 0 Å². The van der Waals surface area contributed by atoms with E-state index in [1.54, 1.807) is 7.11 Å². The largest absolute Gasteiger partial charge is 0.493 e. The van der Waals surface area contributed by atoms with Gasteiger partial charge in [-0.1, -0.05) is 35.2 Å². The van der Waals surface area contributed by atoms with E-state index in [2.05, 4.69) is 15.9 Å². The minimum Gasteiger partial charge on any atom is -0.493 e. The lowest BCUT2D eigenvalue weighted by atomic mass is 9.69. The highest BCUT2D eigenvalue weighted by Gasteiger charge is 2.37. The van der Waals surface area contributed by atoms with Crippen LogP contribution in [0.4, 0.5) is 0 Å². The lowest BCUT2D eigenvalue weighted by Crippen LogP contribution is -2.38. The molecule has 0 aromatic heterocycles. The summed E-state index contributed by atoms with van der Waals surface area (Å²) in [6, 6.07) is 3.99. The lowest BCUT2D eigenvalue weighted by molar-refractivity contribution is 0.265. The minimum absolute atomic E-state index is 0.0100. The predicted octanol–water partition coefficient (Wildman–Crippen LogP) is 4.02. The molecule has 3 nitrogen and oxygen atoms in total. The van der Waals surface area contributed by atoms with Gasteiger partial charge in [-0.2, -0.15) is 0 Å². The van der Waals surface area contributed by atoms with Crippen molar-refractivity contribution in [2.24, 2.45) is 5.73 Å². The molecule has 0 saturated heterocycles. The number of hydrogen-bond donors (Lipinski definition) is 1. The van der Waals surface area contributed by atoms with Crippen molar-refractivity contribution in [2.75, 3.05) is 20.3 Å². The number of benzene rings is 1. The Morgan fingerprint density at radius 1 is 1.25 bits per heavy atom. The smallest absolute Gasteiger partial charge is 0.166 e. The van der Waals surface area contributed by atoms with Crippen LogP contribution in [0.15, 0.2) is 16.6 Å². The van der Waals surface area contributed by atoms with Crippen molar-refractivity contribution in [3.05, 3.63) is 22.2 Å². The summed E-state index contributed by atoms with van der Waals surface area (Å²) in [6.45, 7) is 3.28. The van der Waals surface area contributed by atoms with Crippen molar-refractivity contribution in [3.8, 4) is 11.5 Å². The number of methoxy groups -OCH3 is 1. The zero-order valence-corrected chi connectivity index (χ0v) is 14.0. The van der Waals surface area contributed by atoms with Crippen LogP contribution >= 0.6 is 15.9 Å². The fourth-order valence-corrected chi connectivity index (χ4v) is 4.00. The molecule has 0 aliphatic heterocycles.